The lowest BCUT2D eigenvalue weighted by molar-refractivity contribution is -0.140. The molecule has 1 saturated heterocycles. The second-order valence-corrected chi connectivity index (χ2v) is 4.05. The average Bonchev–Trinajstić information content (AvgIpc) is 2.73. The van der Waals surface area contributed by atoms with Crippen molar-refractivity contribution in [3.63, 3.8) is 0 Å². The molecule has 0 saturated carbocycles. The molecule has 94 valence electrons. The van der Waals surface area contributed by atoms with E-state index in [-0.39, 0.29) is 11.5 Å². The van der Waals surface area contributed by atoms with Crippen molar-refractivity contribution in [1.29, 1.82) is 0 Å². The number of benzene rings is 1. The van der Waals surface area contributed by atoms with E-state index in [2.05, 4.69) is 5.32 Å². The van der Waals surface area contributed by atoms with E-state index in [1.807, 2.05) is 0 Å². The van der Waals surface area contributed by atoms with Gasteiger partial charge >= 0.3 is 6.18 Å². The van der Waals surface area contributed by atoms with Crippen LogP contribution in [0.15, 0.2) is 12.1 Å². The van der Waals surface area contributed by atoms with Crippen LogP contribution in [0.25, 0.3) is 0 Å². The first-order valence-electron chi connectivity index (χ1n) is 5.20. The van der Waals surface area contributed by atoms with Crippen LogP contribution in [0.2, 0.25) is 0 Å². The summed E-state index contributed by atoms with van der Waals surface area (Å²) >= 11 is 0. The second-order valence-electron chi connectivity index (χ2n) is 4.05. The maximum Gasteiger partial charge on any atom is 0.419 e. The molecule has 0 aromatic heterocycles. The van der Waals surface area contributed by atoms with E-state index in [1.54, 1.807) is 0 Å². The van der Waals surface area contributed by atoms with Gasteiger partial charge in [-0.3, -0.25) is 0 Å². The van der Waals surface area contributed by atoms with Gasteiger partial charge in [-0.15, -0.1) is 0 Å². The van der Waals surface area contributed by atoms with E-state index in [0.29, 0.717) is 25.6 Å². The lowest BCUT2D eigenvalue weighted by Crippen LogP contribution is -2.11. The SMILES string of the molecule is Oc1c(C2CCNC2)ccc(C(F)(F)F)c1F. The highest BCUT2D eigenvalue weighted by Crippen LogP contribution is 2.39. The molecule has 2 N–H and O–H groups in total. The zero-order valence-corrected chi connectivity index (χ0v) is 8.81. The topological polar surface area (TPSA) is 32.3 Å². The van der Waals surface area contributed by atoms with Crippen LogP contribution in [0, 0.1) is 5.82 Å². The molecule has 1 heterocycles. The van der Waals surface area contributed by atoms with Gasteiger partial charge < -0.3 is 10.4 Å². The Kier molecular flexibility index (Phi) is 2.99. The first-order chi connectivity index (χ1) is 7.91. The van der Waals surface area contributed by atoms with Gasteiger partial charge in [-0.25, -0.2) is 4.39 Å². The van der Waals surface area contributed by atoms with E-state index in [1.165, 1.54) is 0 Å². The van der Waals surface area contributed by atoms with Crippen molar-refractivity contribution in [3.8, 4) is 5.75 Å². The van der Waals surface area contributed by atoms with E-state index in [9.17, 15) is 22.7 Å². The van der Waals surface area contributed by atoms with Crippen LogP contribution in [0.1, 0.15) is 23.5 Å². The summed E-state index contributed by atoms with van der Waals surface area (Å²) in [5.74, 6) is -2.60. The Balaban J connectivity index is 2.42. The molecule has 1 atom stereocenters. The van der Waals surface area contributed by atoms with Crippen molar-refractivity contribution in [1.82, 2.24) is 5.32 Å². The number of hydrogen-bond donors (Lipinski definition) is 2. The van der Waals surface area contributed by atoms with Crippen molar-refractivity contribution < 1.29 is 22.7 Å². The Morgan fingerprint density at radius 1 is 1.29 bits per heavy atom. The van der Waals surface area contributed by atoms with Crippen LogP contribution >= 0.6 is 0 Å². The van der Waals surface area contributed by atoms with Crippen LogP contribution in [0.3, 0.4) is 0 Å². The average molecular weight is 249 g/mol. The number of nitrogens with one attached hydrogen (secondary N) is 1. The number of halogens is 4. The van der Waals surface area contributed by atoms with Gasteiger partial charge in [-0.05, 0) is 19.0 Å². The molecule has 1 aromatic rings. The molecule has 0 bridgehead atoms. The van der Waals surface area contributed by atoms with Crippen molar-refractivity contribution >= 4 is 0 Å². The van der Waals surface area contributed by atoms with Crippen LogP contribution in [0.4, 0.5) is 17.6 Å². The van der Waals surface area contributed by atoms with Gasteiger partial charge in [0.15, 0.2) is 11.6 Å². The van der Waals surface area contributed by atoms with Gasteiger partial charge in [0.2, 0.25) is 0 Å². The van der Waals surface area contributed by atoms with Crippen molar-refractivity contribution in [3.05, 3.63) is 29.1 Å². The lowest BCUT2D eigenvalue weighted by Gasteiger charge is -2.15. The number of aromatic hydroxyl groups is 1. The van der Waals surface area contributed by atoms with Crippen LogP contribution in [-0.2, 0) is 6.18 Å². The normalized spacial score (nSPS) is 20.8. The molecule has 17 heavy (non-hydrogen) atoms. The zero-order valence-electron chi connectivity index (χ0n) is 8.81. The summed E-state index contributed by atoms with van der Waals surface area (Å²) in [4.78, 5) is 0. The number of alkyl halides is 3. The first-order valence-corrected chi connectivity index (χ1v) is 5.20. The maximum atomic E-state index is 13.4. The third kappa shape index (κ3) is 2.22. The zero-order chi connectivity index (χ0) is 12.6. The molecular formula is C11H11F4NO. The van der Waals surface area contributed by atoms with Gasteiger partial charge in [-0.1, -0.05) is 6.07 Å². The number of hydrogen-bond acceptors (Lipinski definition) is 2. The smallest absolute Gasteiger partial charge is 0.419 e. The number of phenolic OH excluding ortho intramolecular Hbond substituents is 1. The summed E-state index contributed by atoms with van der Waals surface area (Å²) < 4.78 is 50.5. The third-order valence-electron chi connectivity index (χ3n) is 2.95. The summed E-state index contributed by atoms with van der Waals surface area (Å²) in [7, 11) is 0. The Morgan fingerprint density at radius 3 is 2.53 bits per heavy atom. The van der Waals surface area contributed by atoms with Gasteiger partial charge in [-0.2, -0.15) is 13.2 Å². The minimum Gasteiger partial charge on any atom is -0.505 e. The van der Waals surface area contributed by atoms with E-state index in [0.717, 1.165) is 6.07 Å². The van der Waals surface area contributed by atoms with E-state index in [4.69, 9.17) is 0 Å². The molecule has 0 spiro atoms. The minimum absolute atomic E-state index is 0.133. The Labute approximate surface area is 95.3 Å². The number of phenols is 1. The van der Waals surface area contributed by atoms with E-state index >= 15 is 0 Å². The predicted molar refractivity (Wildman–Crippen MR) is 53.3 cm³/mol. The highest BCUT2D eigenvalue weighted by atomic mass is 19.4. The summed E-state index contributed by atoms with van der Waals surface area (Å²) in [6.07, 6.45) is -4.10. The third-order valence-corrected chi connectivity index (χ3v) is 2.95. The second kappa shape index (κ2) is 4.18. The van der Waals surface area contributed by atoms with Crippen molar-refractivity contribution in [2.45, 2.75) is 18.5 Å². The highest BCUT2D eigenvalue weighted by molar-refractivity contribution is 5.42. The number of rotatable bonds is 1. The quantitative estimate of drug-likeness (QED) is 0.750. The molecule has 6 heteroatoms. The first kappa shape index (κ1) is 12.2. The van der Waals surface area contributed by atoms with Crippen LogP contribution in [0.5, 0.6) is 5.75 Å². The molecular weight excluding hydrogens is 238 g/mol. The molecule has 0 aliphatic carbocycles. The lowest BCUT2D eigenvalue weighted by atomic mass is 9.95. The summed E-state index contributed by atoms with van der Waals surface area (Å²) in [5.41, 5.74) is -1.19. The largest absolute Gasteiger partial charge is 0.505 e. The highest BCUT2D eigenvalue weighted by Gasteiger charge is 2.36. The standard InChI is InChI=1S/C11H11F4NO/c12-9-8(11(13,14)15)2-1-7(10(9)17)6-3-4-16-5-6/h1-2,6,16-17H,3-5H2. The molecule has 1 aliphatic rings. The minimum atomic E-state index is -4.78. The molecule has 0 amide bonds. The summed E-state index contributed by atoms with van der Waals surface area (Å²) in [6.45, 7) is 1.26. The van der Waals surface area contributed by atoms with Crippen molar-refractivity contribution in [2.75, 3.05) is 13.1 Å². The maximum absolute atomic E-state index is 13.4. The molecule has 1 fully saturated rings. The molecule has 1 aliphatic heterocycles. The van der Waals surface area contributed by atoms with Gasteiger partial charge in [0.05, 0.1) is 5.56 Å². The van der Waals surface area contributed by atoms with Crippen molar-refractivity contribution in [2.24, 2.45) is 0 Å². The predicted octanol–water partition coefficient (Wildman–Crippen LogP) is 2.63. The molecule has 1 aromatic carbocycles. The van der Waals surface area contributed by atoms with Gasteiger partial charge in [0, 0.05) is 18.0 Å². The van der Waals surface area contributed by atoms with Gasteiger partial charge in [0.1, 0.15) is 0 Å². The van der Waals surface area contributed by atoms with Gasteiger partial charge in [0.25, 0.3) is 0 Å². The van der Waals surface area contributed by atoms with E-state index < -0.39 is 23.3 Å². The molecule has 2 rings (SSSR count). The molecule has 2 nitrogen and oxygen atoms in total. The van der Waals surface area contributed by atoms with Crippen LogP contribution in [-0.4, -0.2) is 18.2 Å². The monoisotopic (exact) mass is 249 g/mol. The molecule has 1 unspecified atom stereocenters. The Bertz CT molecular complexity index is 424. The summed E-state index contributed by atoms with van der Waals surface area (Å²) in [5, 5.41) is 12.5. The van der Waals surface area contributed by atoms with Crippen LogP contribution < -0.4 is 5.32 Å². The summed E-state index contributed by atoms with van der Waals surface area (Å²) in [6, 6.07) is 1.83. The molecule has 0 radical (unpaired) electrons. The Morgan fingerprint density at radius 2 is 2.00 bits per heavy atom. The fourth-order valence-electron chi connectivity index (χ4n) is 2.05. The Hall–Kier alpha value is -1.30. The fourth-order valence-corrected chi connectivity index (χ4v) is 2.05. The fraction of sp³-hybridized carbons (Fsp3) is 0.455.